The van der Waals surface area contributed by atoms with Crippen LogP contribution >= 0.6 is 22.7 Å². The second kappa shape index (κ2) is 8.62. The molecule has 0 bridgehead atoms. The number of rotatable bonds is 7. The highest BCUT2D eigenvalue weighted by Gasteiger charge is 2.44. The topological polar surface area (TPSA) is 67.4 Å². The number of alkyl halides is 4. The molecular weight excluding hydrogens is 432 g/mol. The van der Waals surface area contributed by atoms with Crippen LogP contribution in [0.4, 0.5) is 28.9 Å². The van der Waals surface area contributed by atoms with Crippen LogP contribution in [0.15, 0.2) is 53.2 Å². The fourth-order valence-corrected chi connectivity index (χ4v) is 3.42. The Kier molecular flexibility index (Phi) is 6.18. The lowest BCUT2D eigenvalue weighted by molar-refractivity contribution is -0.252. The number of thiophene rings is 2. The third-order valence-electron chi connectivity index (χ3n) is 3.48. The Hall–Kier alpha value is -2.92. The standard InChI is InChI=1S/C18H12F4N2O3S2/c19-17(20)18(21,22)27-12-6-5-10(23-15(25)13-3-1-7-28-13)9-11(12)24-16(26)14-4-2-8-29-14/h1-9,17H,(H,23,25)(H,24,26). The molecule has 0 atom stereocenters. The Balaban J connectivity index is 1.88. The summed E-state index contributed by atoms with van der Waals surface area (Å²) in [6.07, 6.45) is -8.83. The van der Waals surface area contributed by atoms with Gasteiger partial charge in [0.1, 0.15) is 5.75 Å². The normalized spacial score (nSPS) is 11.3. The Morgan fingerprint density at radius 2 is 1.52 bits per heavy atom. The van der Waals surface area contributed by atoms with Crippen LogP contribution in [-0.2, 0) is 0 Å². The first-order chi connectivity index (χ1) is 13.8. The molecule has 5 nitrogen and oxygen atoms in total. The minimum atomic E-state index is -4.76. The smallest absolute Gasteiger partial charge is 0.426 e. The van der Waals surface area contributed by atoms with E-state index in [1.165, 1.54) is 23.5 Å². The van der Waals surface area contributed by atoms with Gasteiger partial charge in [0.15, 0.2) is 0 Å². The van der Waals surface area contributed by atoms with Gasteiger partial charge in [-0.25, -0.2) is 0 Å². The number of nitrogens with one attached hydrogen (secondary N) is 2. The van der Waals surface area contributed by atoms with Crippen molar-refractivity contribution in [2.75, 3.05) is 10.6 Å². The summed E-state index contributed by atoms with van der Waals surface area (Å²) in [6.45, 7) is 0. The molecule has 152 valence electrons. The monoisotopic (exact) mass is 444 g/mol. The van der Waals surface area contributed by atoms with Crippen molar-refractivity contribution < 1.29 is 31.9 Å². The molecule has 0 saturated carbocycles. The Labute approximate surface area is 169 Å². The van der Waals surface area contributed by atoms with E-state index in [-0.39, 0.29) is 16.3 Å². The van der Waals surface area contributed by atoms with Gasteiger partial charge in [0.2, 0.25) is 0 Å². The molecule has 0 unspecified atom stereocenters. The molecule has 3 aromatic rings. The quantitative estimate of drug-likeness (QED) is 0.470. The number of carbonyl (C=O) groups is 2. The molecule has 3 rings (SSSR count). The minimum Gasteiger partial charge on any atom is -0.426 e. The average Bonchev–Trinajstić information content (AvgIpc) is 3.37. The summed E-state index contributed by atoms with van der Waals surface area (Å²) in [4.78, 5) is 25.1. The fourth-order valence-electron chi connectivity index (χ4n) is 2.18. The van der Waals surface area contributed by atoms with E-state index in [4.69, 9.17) is 0 Å². The summed E-state index contributed by atoms with van der Waals surface area (Å²) >= 11 is 2.29. The third-order valence-corrected chi connectivity index (χ3v) is 5.21. The lowest BCUT2D eigenvalue weighted by Crippen LogP contribution is -2.33. The first-order valence-corrected chi connectivity index (χ1v) is 9.71. The van der Waals surface area contributed by atoms with Crippen molar-refractivity contribution in [3.8, 4) is 5.75 Å². The van der Waals surface area contributed by atoms with Crippen LogP contribution in [0.25, 0.3) is 0 Å². The van der Waals surface area contributed by atoms with Gasteiger partial charge in [-0.05, 0) is 41.1 Å². The van der Waals surface area contributed by atoms with Crippen molar-refractivity contribution in [3.05, 3.63) is 63.0 Å². The van der Waals surface area contributed by atoms with E-state index in [0.29, 0.717) is 4.88 Å². The summed E-state index contributed by atoms with van der Waals surface area (Å²) in [5, 5.41) is 8.21. The van der Waals surface area contributed by atoms with Gasteiger partial charge >= 0.3 is 12.5 Å². The van der Waals surface area contributed by atoms with E-state index in [1.54, 1.807) is 29.0 Å². The van der Waals surface area contributed by atoms with Crippen molar-refractivity contribution >= 4 is 45.9 Å². The van der Waals surface area contributed by atoms with Gasteiger partial charge < -0.3 is 15.4 Å². The van der Waals surface area contributed by atoms with Gasteiger partial charge in [-0.2, -0.15) is 17.6 Å². The van der Waals surface area contributed by atoms with Gasteiger partial charge in [0.05, 0.1) is 15.4 Å². The minimum absolute atomic E-state index is 0.151. The van der Waals surface area contributed by atoms with Crippen LogP contribution in [0.3, 0.4) is 0 Å². The number of anilines is 2. The van der Waals surface area contributed by atoms with Gasteiger partial charge in [-0.3, -0.25) is 9.59 Å². The largest absolute Gasteiger partial charge is 0.461 e. The summed E-state index contributed by atoms with van der Waals surface area (Å²) in [5.41, 5.74) is -0.148. The number of hydrogen-bond donors (Lipinski definition) is 2. The van der Waals surface area contributed by atoms with E-state index in [1.807, 2.05) is 0 Å². The molecule has 0 radical (unpaired) electrons. The van der Waals surface area contributed by atoms with Crippen LogP contribution in [0, 0.1) is 0 Å². The lowest BCUT2D eigenvalue weighted by atomic mass is 10.2. The fraction of sp³-hybridized carbons (Fsp3) is 0.111. The highest BCUT2D eigenvalue weighted by atomic mass is 32.1. The zero-order chi connectivity index (χ0) is 21.0. The molecule has 0 spiro atoms. The summed E-state index contributed by atoms with van der Waals surface area (Å²) in [7, 11) is 0. The highest BCUT2D eigenvalue weighted by Crippen LogP contribution is 2.35. The molecule has 11 heteroatoms. The van der Waals surface area contributed by atoms with Gasteiger partial charge in [-0.1, -0.05) is 12.1 Å². The zero-order valence-electron chi connectivity index (χ0n) is 14.3. The molecule has 2 aromatic heterocycles. The van der Waals surface area contributed by atoms with Crippen LogP contribution < -0.4 is 15.4 Å². The molecule has 0 fully saturated rings. The predicted octanol–water partition coefficient (Wildman–Crippen LogP) is 5.55. The second-order valence-electron chi connectivity index (χ2n) is 5.54. The second-order valence-corrected chi connectivity index (χ2v) is 7.43. The number of benzene rings is 1. The third kappa shape index (κ3) is 5.12. The number of halogens is 4. The summed E-state index contributed by atoms with van der Waals surface area (Å²) in [6, 6.07) is 9.67. The Morgan fingerprint density at radius 3 is 2.03 bits per heavy atom. The molecule has 0 aliphatic rings. The van der Waals surface area contributed by atoms with Gasteiger partial charge in [-0.15, -0.1) is 22.7 Å². The van der Waals surface area contributed by atoms with Crippen LogP contribution in [0.2, 0.25) is 0 Å². The van der Waals surface area contributed by atoms with E-state index < -0.39 is 30.1 Å². The number of hydrogen-bond acceptors (Lipinski definition) is 5. The average molecular weight is 444 g/mol. The Morgan fingerprint density at radius 1 is 0.931 bits per heavy atom. The van der Waals surface area contributed by atoms with E-state index >= 15 is 0 Å². The maximum absolute atomic E-state index is 13.4. The van der Waals surface area contributed by atoms with Gasteiger partial charge in [0, 0.05) is 5.69 Å². The first kappa shape index (κ1) is 20.8. The molecule has 2 N–H and O–H groups in total. The Bertz CT molecular complexity index is 993. The molecule has 1 aromatic carbocycles. The van der Waals surface area contributed by atoms with Crippen LogP contribution in [0.1, 0.15) is 19.3 Å². The SMILES string of the molecule is O=C(Nc1ccc(OC(F)(F)C(F)F)c(NC(=O)c2cccs2)c1)c1cccs1. The van der Waals surface area contributed by atoms with Crippen molar-refractivity contribution in [1.29, 1.82) is 0 Å². The first-order valence-electron chi connectivity index (χ1n) is 7.95. The highest BCUT2D eigenvalue weighted by molar-refractivity contribution is 7.12. The molecular formula is C18H12F4N2O3S2. The summed E-state index contributed by atoms with van der Waals surface area (Å²) < 4.78 is 55.9. The van der Waals surface area contributed by atoms with Crippen molar-refractivity contribution in [2.24, 2.45) is 0 Å². The molecule has 29 heavy (non-hydrogen) atoms. The van der Waals surface area contributed by atoms with E-state index in [2.05, 4.69) is 15.4 Å². The maximum Gasteiger partial charge on any atom is 0.461 e. The van der Waals surface area contributed by atoms with Crippen LogP contribution in [-0.4, -0.2) is 24.3 Å². The van der Waals surface area contributed by atoms with Crippen molar-refractivity contribution in [2.45, 2.75) is 12.5 Å². The lowest BCUT2D eigenvalue weighted by Gasteiger charge is -2.20. The van der Waals surface area contributed by atoms with Crippen molar-refractivity contribution in [3.63, 3.8) is 0 Å². The van der Waals surface area contributed by atoms with E-state index in [0.717, 1.165) is 23.5 Å². The van der Waals surface area contributed by atoms with E-state index in [9.17, 15) is 27.2 Å². The zero-order valence-corrected chi connectivity index (χ0v) is 16.0. The predicted molar refractivity (Wildman–Crippen MR) is 103 cm³/mol. The molecule has 0 aliphatic carbocycles. The number of ether oxygens (including phenoxy) is 1. The van der Waals surface area contributed by atoms with Crippen LogP contribution in [0.5, 0.6) is 5.75 Å². The molecule has 0 saturated heterocycles. The number of carbonyl (C=O) groups excluding carboxylic acids is 2. The maximum atomic E-state index is 13.4. The summed E-state index contributed by atoms with van der Waals surface area (Å²) in [5.74, 6) is -1.77. The van der Waals surface area contributed by atoms with Crippen molar-refractivity contribution in [1.82, 2.24) is 0 Å². The molecule has 2 amide bonds. The molecule has 2 heterocycles. The molecule has 0 aliphatic heterocycles. The number of amides is 2. The van der Waals surface area contributed by atoms with Gasteiger partial charge in [0.25, 0.3) is 11.8 Å².